The number of halogens is 1. The Kier molecular flexibility index (Phi) is 5.77. The third-order valence-corrected chi connectivity index (χ3v) is 2.52. The molecule has 0 heterocycles. The first kappa shape index (κ1) is 16.5. The van der Waals surface area contributed by atoms with Crippen LogP contribution in [0, 0.1) is 15.9 Å². The van der Waals surface area contributed by atoms with Crippen LogP contribution in [-0.2, 0) is 19.1 Å². The van der Waals surface area contributed by atoms with Crippen molar-refractivity contribution in [3.05, 3.63) is 39.7 Å². The Morgan fingerprint density at radius 3 is 2.57 bits per heavy atom. The van der Waals surface area contributed by atoms with E-state index in [2.05, 4.69) is 0 Å². The second kappa shape index (κ2) is 7.32. The Morgan fingerprint density at radius 2 is 2.05 bits per heavy atom. The Balaban J connectivity index is 3.31. The van der Waals surface area contributed by atoms with E-state index in [1.54, 1.807) is 0 Å². The van der Waals surface area contributed by atoms with E-state index in [0.717, 1.165) is 12.1 Å². The van der Waals surface area contributed by atoms with Crippen LogP contribution in [0.5, 0.6) is 0 Å². The van der Waals surface area contributed by atoms with Crippen LogP contribution in [0.2, 0.25) is 0 Å². The van der Waals surface area contributed by atoms with Gasteiger partial charge in [0.05, 0.1) is 17.1 Å². The molecule has 0 aliphatic carbocycles. The van der Waals surface area contributed by atoms with Crippen molar-refractivity contribution in [1.29, 1.82) is 0 Å². The molecule has 114 valence electrons. The van der Waals surface area contributed by atoms with Crippen LogP contribution in [-0.4, -0.2) is 23.5 Å². The third-order valence-electron chi connectivity index (χ3n) is 2.52. The minimum Gasteiger partial charge on any atom is -0.463 e. The van der Waals surface area contributed by atoms with Crippen molar-refractivity contribution in [2.45, 2.75) is 26.4 Å². The molecule has 0 spiro atoms. The van der Waals surface area contributed by atoms with Crippen molar-refractivity contribution >= 4 is 17.6 Å². The molecule has 1 unspecified atom stereocenters. The van der Waals surface area contributed by atoms with Crippen molar-refractivity contribution in [2.24, 2.45) is 0 Å². The van der Waals surface area contributed by atoms with Gasteiger partial charge >= 0.3 is 17.6 Å². The number of hydrogen-bond acceptors (Lipinski definition) is 6. The van der Waals surface area contributed by atoms with Crippen molar-refractivity contribution in [1.82, 2.24) is 0 Å². The molecule has 21 heavy (non-hydrogen) atoms. The van der Waals surface area contributed by atoms with Crippen molar-refractivity contribution in [2.75, 3.05) is 6.61 Å². The Hall–Kier alpha value is -2.51. The van der Waals surface area contributed by atoms with Gasteiger partial charge in [0, 0.05) is 6.42 Å². The summed E-state index contributed by atoms with van der Waals surface area (Å²) in [6, 6.07) is 3.21. The summed E-state index contributed by atoms with van der Waals surface area (Å²) in [7, 11) is 0. The summed E-state index contributed by atoms with van der Waals surface area (Å²) in [5, 5.41) is 11.0. The summed E-state index contributed by atoms with van der Waals surface area (Å²) in [6.45, 7) is 3.00. The minimum absolute atomic E-state index is 0.0118. The normalized spacial score (nSPS) is 11.6. The average Bonchev–Trinajstić information content (AvgIpc) is 2.43. The van der Waals surface area contributed by atoms with Gasteiger partial charge in [0.1, 0.15) is 0 Å². The lowest BCUT2D eigenvalue weighted by molar-refractivity contribution is -0.388. The molecule has 1 rings (SSSR count). The van der Waals surface area contributed by atoms with Crippen LogP contribution in [0.25, 0.3) is 0 Å². The lowest BCUT2D eigenvalue weighted by Gasteiger charge is -2.16. The molecular weight excluding hydrogens is 285 g/mol. The molecule has 0 bridgehead atoms. The van der Waals surface area contributed by atoms with E-state index in [9.17, 15) is 24.1 Å². The molecule has 0 saturated carbocycles. The minimum atomic E-state index is -1.67. The number of carbonyl (C=O) groups is 2. The van der Waals surface area contributed by atoms with Gasteiger partial charge in [0.2, 0.25) is 11.9 Å². The molecule has 0 saturated heterocycles. The molecule has 7 nitrogen and oxygen atoms in total. The number of ether oxygens (including phenoxy) is 2. The molecule has 1 aromatic carbocycles. The van der Waals surface area contributed by atoms with Crippen LogP contribution in [0.4, 0.5) is 10.1 Å². The lowest BCUT2D eigenvalue weighted by Crippen LogP contribution is -2.23. The van der Waals surface area contributed by atoms with Gasteiger partial charge in [0.25, 0.3) is 0 Å². The predicted octanol–water partition coefficient (Wildman–Crippen LogP) is 2.29. The molecule has 8 heteroatoms. The average molecular weight is 299 g/mol. The zero-order chi connectivity index (χ0) is 16.0. The maximum absolute atomic E-state index is 13.6. The maximum atomic E-state index is 13.6. The smallest absolute Gasteiger partial charge is 0.352 e. The van der Waals surface area contributed by atoms with Gasteiger partial charge in [-0.05, 0) is 19.1 Å². The molecule has 1 aromatic rings. The largest absolute Gasteiger partial charge is 0.463 e. The van der Waals surface area contributed by atoms with Crippen molar-refractivity contribution in [3.8, 4) is 0 Å². The summed E-state index contributed by atoms with van der Waals surface area (Å²) in [6.07, 6.45) is -1.72. The molecule has 0 aromatic heterocycles. The Bertz CT molecular complexity index is 560. The molecule has 0 radical (unpaired) electrons. The molecule has 0 fully saturated rings. The fourth-order valence-corrected chi connectivity index (χ4v) is 1.61. The first-order valence-corrected chi connectivity index (χ1v) is 6.21. The highest BCUT2D eigenvalue weighted by Crippen LogP contribution is 2.31. The highest BCUT2D eigenvalue weighted by molar-refractivity contribution is 5.82. The second-order valence-corrected chi connectivity index (χ2v) is 3.91. The van der Waals surface area contributed by atoms with E-state index in [-0.39, 0.29) is 18.6 Å². The van der Waals surface area contributed by atoms with Crippen LogP contribution >= 0.6 is 0 Å². The highest BCUT2D eigenvalue weighted by atomic mass is 19.1. The summed E-state index contributed by atoms with van der Waals surface area (Å²) in [4.78, 5) is 33.2. The Labute approximate surface area is 119 Å². The summed E-state index contributed by atoms with van der Waals surface area (Å²) in [5.41, 5.74) is -1.28. The molecule has 0 amide bonds. The Morgan fingerprint density at radius 1 is 1.38 bits per heavy atom. The van der Waals surface area contributed by atoms with E-state index in [1.807, 2.05) is 0 Å². The van der Waals surface area contributed by atoms with Gasteiger partial charge in [-0.25, -0.2) is 4.79 Å². The molecule has 0 N–H and O–H groups in total. The van der Waals surface area contributed by atoms with Gasteiger partial charge in [-0.15, -0.1) is 0 Å². The highest BCUT2D eigenvalue weighted by Gasteiger charge is 2.34. The first-order chi connectivity index (χ1) is 9.92. The standard InChI is InChI=1S/C13H14FNO6/c1-3-10(16)21-12(13(17)20-4-2)8-6-5-7-9(14)11(8)15(18)19/h5-7,12H,3-4H2,1-2H3. The fraction of sp³-hybridized carbons (Fsp3) is 0.385. The van der Waals surface area contributed by atoms with Gasteiger partial charge in [-0.3, -0.25) is 14.9 Å². The van der Waals surface area contributed by atoms with Gasteiger partial charge in [0.15, 0.2) is 0 Å². The van der Waals surface area contributed by atoms with Gasteiger partial charge < -0.3 is 9.47 Å². The number of hydrogen-bond donors (Lipinski definition) is 0. The molecule has 0 aliphatic heterocycles. The maximum Gasteiger partial charge on any atom is 0.352 e. The third kappa shape index (κ3) is 3.98. The number of rotatable bonds is 6. The number of nitrogens with zero attached hydrogens (tertiary/aromatic N) is 1. The second-order valence-electron chi connectivity index (χ2n) is 3.91. The summed E-state index contributed by atoms with van der Waals surface area (Å²) < 4.78 is 23.2. The predicted molar refractivity (Wildman–Crippen MR) is 68.8 cm³/mol. The number of para-hydroxylation sites is 1. The zero-order valence-electron chi connectivity index (χ0n) is 11.5. The zero-order valence-corrected chi connectivity index (χ0v) is 11.5. The molecular formula is C13H14FNO6. The van der Waals surface area contributed by atoms with Crippen molar-refractivity contribution < 1.29 is 28.4 Å². The van der Waals surface area contributed by atoms with E-state index >= 15 is 0 Å². The quantitative estimate of drug-likeness (QED) is 0.454. The molecule has 0 aliphatic rings. The van der Waals surface area contributed by atoms with E-state index in [1.165, 1.54) is 19.9 Å². The number of esters is 2. The fourth-order valence-electron chi connectivity index (χ4n) is 1.61. The topological polar surface area (TPSA) is 95.7 Å². The van der Waals surface area contributed by atoms with E-state index < -0.39 is 34.5 Å². The van der Waals surface area contributed by atoms with Crippen LogP contribution in [0.15, 0.2) is 18.2 Å². The van der Waals surface area contributed by atoms with E-state index in [0.29, 0.717) is 0 Å². The van der Waals surface area contributed by atoms with Crippen LogP contribution < -0.4 is 0 Å². The van der Waals surface area contributed by atoms with E-state index in [4.69, 9.17) is 9.47 Å². The SMILES string of the molecule is CCOC(=O)C(OC(=O)CC)c1cccc(F)c1[N+](=O)[O-]. The number of carbonyl (C=O) groups excluding carboxylic acids is 2. The number of nitro benzene ring substituents is 1. The molecule has 1 atom stereocenters. The van der Waals surface area contributed by atoms with Gasteiger partial charge in [-0.1, -0.05) is 13.0 Å². The summed E-state index contributed by atoms with van der Waals surface area (Å²) in [5.74, 6) is -2.88. The van der Waals surface area contributed by atoms with Crippen LogP contribution in [0.1, 0.15) is 31.9 Å². The lowest BCUT2D eigenvalue weighted by atomic mass is 10.1. The van der Waals surface area contributed by atoms with Gasteiger partial charge in [-0.2, -0.15) is 4.39 Å². The summed E-state index contributed by atoms with van der Waals surface area (Å²) >= 11 is 0. The number of nitro groups is 1. The first-order valence-electron chi connectivity index (χ1n) is 6.21. The number of benzene rings is 1. The monoisotopic (exact) mass is 299 g/mol. The van der Waals surface area contributed by atoms with Crippen molar-refractivity contribution in [3.63, 3.8) is 0 Å². The van der Waals surface area contributed by atoms with Crippen LogP contribution in [0.3, 0.4) is 0 Å².